The van der Waals surface area contributed by atoms with Gasteiger partial charge in [0.1, 0.15) is 4.32 Å². The van der Waals surface area contributed by atoms with E-state index in [0.717, 1.165) is 11.3 Å². The molecule has 0 aliphatic carbocycles. The third kappa shape index (κ3) is 4.23. The lowest BCUT2D eigenvalue weighted by Crippen LogP contribution is -2.34. The molecule has 1 saturated heterocycles. The van der Waals surface area contributed by atoms with Gasteiger partial charge < -0.3 is 9.30 Å². The smallest absolute Gasteiger partial charge is 0.259 e. The molecule has 0 bridgehead atoms. The van der Waals surface area contributed by atoms with Crippen molar-refractivity contribution in [2.45, 2.75) is 20.1 Å². The Morgan fingerprint density at radius 3 is 2.73 bits per heavy atom. The molecular weight excluding hydrogens is 368 g/mol. The van der Waals surface area contributed by atoms with Gasteiger partial charge in [-0.25, -0.2) is 0 Å². The van der Waals surface area contributed by atoms with Crippen molar-refractivity contribution in [2.24, 2.45) is 0 Å². The normalized spacial score (nSPS) is 14.0. The number of rotatable bonds is 6. The van der Waals surface area contributed by atoms with E-state index in [0.29, 0.717) is 41.8 Å². The quantitative estimate of drug-likeness (QED) is 0.563. The van der Waals surface area contributed by atoms with Crippen LogP contribution in [0.15, 0.2) is 47.4 Å². The number of hydrogen-bond donors (Lipinski definition) is 0. The summed E-state index contributed by atoms with van der Waals surface area (Å²) in [6.07, 6.45) is 1.65. The third-order valence-corrected chi connectivity index (χ3v) is 5.66. The summed E-state index contributed by atoms with van der Waals surface area (Å²) in [7, 11) is 0. The van der Waals surface area contributed by atoms with Crippen molar-refractivity contribution in [2.75, 3.05) is 18.9 Å². The molecule has 26 heavy (non-hydrogen) atoms. The number of ether oxygens (including phenoxy) is 1. The Kier molecular flexibility index (Phi) is 6.24. The number of pyridine rings is 1. The highest BCUT2D eigenvalue weighted by Gasteiger charge is 2.26. The molecule has 3 rings (SSSR count). The van der Waals surface area contributed by atoms with Crippen LogP contribution in [0.2, 0.25) is 0 Å². The van der Waals surface area contributed by atoms with Crippen LogP contribution < -0.4 is 5.56 Å². The van der Waals surface area contributed by atoms with Crippen LogP contribution in [0.4, 0.5) is 0 Å². The van der Waals surface area contributed by atoms with E-state index in [4.69, 9.17) is 17.0 Å². The van der Waals surface area contributed by atoms with Crippen LogP contribution in [0, 0.1) is 6.92 Å². The lowest BCUT2D eigenvalue weighted by atomic mass is 10.1. The van der Waals surface area contributed by atoms with Gasteiger partial charge in [-0.1, -0.05) is 54.3 Å². The molecule has 1 fully saturated rings. The van der Waals surface area contributed by atoms with E-state index in [1.165, 1.54) is 11.8 Å². The van der Waals surface area contributed by atoms with Crippen LogP contribution in [0.1, 0.15) is 21.5 Å². The number of benzene rings is 1. The number of hydrogen-bond acceptors (Lipinski definition) is 5. The Morgan fingerprint density at radius 2 is 2.04 bits per heavy atom. The Balaban J connectivity index is 1.63. The van der Waals surface area contributed by atoms with Crippen molar-refractivity contribution in [3.63, 3.8) is 0 Å². The zero-order chi connectivity index (χ0) is 18.5. The van der Waals surface area contributed by atoms with Crippen LogP contribution in [0.5, 0.6) is 0 Å². The van der Waals surface area contributed by atoms with Crippen molar-refractivity contribution in [1.29, 1.82) is 0 Å². The number of carbonyl (C=O) groups excluding carboxylic acids is 1. The molecule has 1 amide bonds. The van der Waals surface area contributed by atoms with Gasteiger partial charge in [0.2, 0.25) is 0 Å². The maximum atomic E-state index is 12.6. The Morgan fingerprint density at radius 1 is 1.27 bits per heavy atom. The van der Waals surface area contributed by atoms with Gasteiger partial charge in [-0.05, 0) is 18.6 Å². The first kappa shape index (κ1) is 18.8. The monoisotopic (exact) mass is 388 g/mol. The minimum Gasteiger partial charge on any atom is -0.375 e. The third-order valence-electron chi connectivity index (χ3n) is 4.23. The van der Waals surface area contributed by atoms with Gasteiger partial charge in [0.25, 0.3) is 11.5 Å². The number of thioether (sulfide) groups is 1. The number of amides is 1. The predicted octanol–water partition coefficient (Wildman–Crippen LogP) is 2.85. The predicted molar refractivity (Wildman–Crippen MR) is 108 cm³/mol. The highest BCUT2D eigenvalue weighted by atomic mass is 32.2. The summed E-state index contributed by atoms with van der Waals surface area (Å²) in [5.74, 6) is 0.612. The molecule has 2 heterocycles. The molecule has 1 aliphatic heterocycles. The Labute approximate surface area is 162 Å². The van der Waals surface area contributed by atoms with Gasteiger partial charge >= 0.3 is 0 Å². The fraction of sp³-hybridized carbons (Fsp3) is 0.316. The van der Waals surface area contributed by atoms with Crippen molar-refractivity contribution < 1.29 is 9.53 Å². The van der Waals surface area contributed by atoms with Gasteiger partial charge in [0, 0.05) is 36.2 Å². The highest BCUT2D eigenvalue weighted by molar-refractivity contribution is 8.23. The molecule has 136 valence electrons. The van der Waals surface area contributed by atoms with E-state index >= 15 is 0 Å². The zero-order valence-corrected chi connectivity index (χ0v) is 16.1. The van der Waals surface area contributed by atoms with Crippen LogP contribution in [0.25, 0.3) is 0 Å². The Bertz CT molecular complexity index is 865. The first-order valence-corrected chi connectivity index (χ1v) is 9.77. The van der Waals surface area contributed by atoms with E-state index in [2.05, 4.69) is 0 Å². The number of nitrogens with zero attached hydrogens (tertiary/aromatic N) is 2. The SMILES string of the molecule is Cc1c(C(=O)N2CCSC2=S)ccn(CCOCc2ccccc2)c1=O. The second-order valence-corrected chi connectivity index (χ2v) is 7.69. The van der Waals surface area contributed by atoms with Crippen molar-refractivity contribution >= 4 is 34.2 Å². The summed E-state index contributed by atoms with van der Waals surface area (Å²) in [6.45, 7) is 3.66. The summed E-state index contributed by atoms with van der Waals surface area (Å²) in [5.41, 5.74) is 1.79. The Hall–Kier alpha value is -1.96. The van der Waals surface area contributed by atoms with Crippen LogP contribution >= 0.6 is 24.0 Å². The number of carbonyl (C=O) groups is 1. The molecule has 0 saturated carbocycles. The molecule has 1 aliphatic rings. The van der Waals surface area contributed by atoms with E-state index in [1.54, 1.807) is 28.7 Å². The van der Waals surface area contributed by atoms with Gasteiger partial charge in [0.05, 0.1) is 13.2 Å². The maximum absolute atomic E-state index is 12.6. The highest BCUT2D eigenvalue weighted by Crippen LogP contribution is 2.20. The van der Waals surface area contributed by atoms with Gasteiger partial charge in [-0.3, -0.25) is 14.5 Å². The maximum Gasteiger partial charge on any atom is 0.259 e. The largest absolute Gasteiger partial charge is 0.375 e. The molecule has 0 spiro atoms. The molecule has 1 aromatic carbocycles. The second kappa shape index (κ2) is 8.62. The summed E-state index contributed by atoms with van der Waals surface area (Å²) in [4.78, 5) is 26.7. The summed E-state index contributed by atoms with van der Waals surface area (Å²) >= 11 is 6.69. The lowest BCUT2D eigenvalue weighted by molar-refractivity contribution is 0.0860. The number of aromatic nitrogens is 1. The summed E-state index contributed by atoms with van der Waals surface area (Å²) in [5, 5.41) is 0. The van der Waals surface area contributed by atoms with E-state index in [1.807, 2.05) is 30.3 Å². The molecule has 0 radical (unpaired) electrons. The van der Waals surface area contributed by atoms with Crippen molar-refractivity contribution in [3.05, 3.63) is 69.6 Å². The van der Waals surface area contributed by atoms with Gasteiger partial charge in [-0.15, -0.1) is 0 Å². The molecule has 0 atom stereocenters. The van der Waals surface area contributed by atoms with E-state index < -0.39 is 0 Å². The summed E-state index contributed by atoms with van der Waals surface area (Å²) < 4.78 is 7.79. The average molecular weight is 389 g/mol. The topological polar surface area (TPSA) is 51.5 Å². The van der Waals surface area contributed by atoms with Crippen molar-refractivity contribution in [3.8, 4) is 0 Å². The molecule has 1 aromatic heterocycles. The molecule has 2 aromatic rings. The second-order valence-electron chi connectivity index (χ2n) is 5.96. The van der Waals surface area contributed by atoms with Crippen molar-refractivity contribution in [1.82, 2.24) is 9.47 Å². The van der Waals surface area contributed by atoms with Crippen LogP contribution in [0.3, 0.4) is 0 Å². The molecule has 0 N–H and O–H groups in total. The summed E-state index contributed by atoms with van der Waals surface area (Å²) in [6, 6.07) is 11.6. The molecule has 7 heteroatoms. The molecular formula is C19H20N2O3S2. The fourth-order valence-corrected chi connectivity index (χ4v) is 3.95. The average Bonchev–Trinajstić information content (AvgIpc) is 3.08. The number of thiocarbonyl (C=S) groups is 1. The minimum atomic E-state index is -0.193. The van der Waals surface area contributed by atoms with Gasteiger partial charge in [0.15, 0.2) is 0 Å². The van der Waals surface area contributed by atoms with Gasteiger partial charge in [-0.2, -0.15) is 0 Å². The molecule has 0 unspecified atom stereocenters. The van der Waals surface area contributed by atoms with E-state index in [-0.39, 0.29) is 11.5 Å². The van der Waals surface area contributed by atoms with E-state index in [9.17, 15) is 9.59 Å². The first-order valence-electron chi connectivity index (χ1n) is 8.38. The van der Waals surface area contributed by atoms with Crippen LogP contribution in [-0.4, -0.2) is 38.6 Å². The molecule has 5 nitrogen and oxygen atoms in total. The van der Waals surface area contributed by atoms with Crippen LogP contribution in [-0.2, 0) is 17.9 Å². The standard InChI is InChI=1S/C19H20N2O3S2/c1-14-16(18(23)21-10-12-26-19(21)25)7-8-20(17(14)22)9-11-24-13-15-5-3-2-4-6-15/h2-8H,9-13H2,1H3. The first-order chi connectivity index (χ1) is 12.6. The zero-order valence-electron chi connectivity index (χ0n) is 14.5. The fourth-order valence-electron chi connectivity index (χ4n) is 2.75. The minimum absolute atomic E-state index is 0.170. The lowest BCUT2D eigenvalue weighted by Gasteiger charge is -2.17.